The number of nitriles is 1. The molecule has 1 atom stereocenters. The van der Waals surface area contributed by atoms with Crippen molar-refractivity contribution in [3.05, 3.63) is 46.7 Å². The molecular weight excluding hydrogens is 276 g/mol. The standard InChI is InChI=1S/C18H18N2O2/c1-18(2)10-15-16(17(21)22-18)14(4-3-9-20-15)13-7-5-12(11-19)6-8-13/h5-9,14H,3-4,10H2,1-2H3. The van der Waals surface area contributed by atoms with E-state index in [9.17, 15) is 4.79 Å². The third-order valence-electron chi connectivity index (χ3n) is 4.12. The van der Waals surface area contributed by atoms with Crippen molar-refractivity contribution in [2.45, 2.75) is 44.6 Å². The first-order chi connectivity index (χ1) is 10.5. The van der Waals surface area contributed by atoms with Gasteiger partial charge in [-0.15, -0.1) is 0 Å². The van der Waals surface area contributed by atoms with Crippen molar-refractivity contribution in [3.63, 3.8) is 0 Å². The highest BCUT2D eigenvalue weighted by molar-refractivity contribution is 5.93. The molecule has 0 radical (unpaired) electrons. The molecule has 3 rings (SSSR count). The molecule has 0 fully saturated rings. The number of cyclic esters (lactones) is 1. The van der Waals surface area contributed by atoms with Crippen molar-refractivity contribution < 1.29 is 9.53 Å². The van der Waals surface area contributed by atoms with Gasteiger partial charge in [-0.3, -0.25) is 4.99 Å². The fraction of sp³-hybridized carbons (Fsp3) is 0.389. The molecule has 0 aromatic heterocycles. The smallest absolute Gasteiger partial charge is 0.337 e. The van der Waals surface area contributed by atoms with Crippen LogP contribution in [0.15, 0.2) is 40.5 Å². The predicted molar refractivity (Wildman–Crippen MR) is 83.4 cm³/mol. The minimum Gasteiger partial charge on any atom is -0.456 e. The summed E-state index contributed by atoms with van der Waals surface area (Å²) >= 11 is 0. The summed E-state index contributed by atoms with van der Waals surface area (Å²) in [6.45, 7) is 3.82. The monoisotopic (exact) mass is 294 g/mol. The fourth-order valence-electron chi connectivity index (χ4n) is 3.10. The summed E-state index contributed by atoms with van der Waals surface area (Å²) < 4.78 is 5.57. The first kappa shape index (κ1) is 14.5. The normalized spacial score (nSPS) is 23.3. The van der Waals surface area contributed by atoms with E-state index in [1.54, 1.807) is 12.1 Å². The van der Waals surface area contributed by atoms with Gasteiger partial charge in [-0.1, -0.05) is 12.1 Å². The van der Waals surface area contributed by atoms with Gasteiger partial charge in [0.15, 0.2) is 0 Å². The van der Waals surface area contributed by atoms with E-state index in [-0.39, 0.29) is 11.9 Å². The molecular formula is C18H18N2O2. The summed E-state index contributed by atoms with van der Waals surface area (Å²) in [5, 5.41) is 8.92. The summed E-state index contributed by atoms with van der Waals surface area (Å²) in [5.41, 5.74) is 2.67. The van der Waals surface area contributed by atoms with Crippen molar-refractivity contribution in [3.8, 4) is 6.07 Å². The Morgan fingerprint density at radius 1 is 1.32 bits per heavy atom. The van der Waals surface area contributed by atoms with Gasteiger partial charge in [0.1, 0.15) is 5.60 Å². The SMILES string of the molecule is CC1(C)CC2=C(C(=O)O1)C(c1ccc(C#N)cc1)CCC=N2. The Balaban J connectivity index is 2.04. The Morgan fingerprint density at radius 3 is 2.73 bits per heavy atom. The number of aliphatic imine (C=N–C) groups is 1. The van der Waals surface area contributed by atoms with E-state index in [0.717, 1.165) is 24.1 Å². The van der Waals surface area contributed by atoms with Crippen LogP contribution in [0.2, 0.25) is 0 Å². The molecule has 2 heterocycles. The average molecular weight is 294 g/mol. The van der Waals surface area contributed by atoms with E-state index in [1.807, 2.05) is 32.2 Å². The third-order valence-corrected chi connectivity index (χ3v) is 4.12. The molecule has 0 N–H and O–H groups in total. The largest absolute Gasteiger partial charge is 0.456 e. The van der Waals surface area contributed by atoms with E-state index < -0.39 is 5.60 Å². The zero-order chi connectivity index (χ0) is 15.7. The average Bonchev–Trinajstić information content (AvgIpc) is 2.68. The minimum atomic E-state index is -0.507. The van der Waals surface area contributed by atoms with Crippen molar-refractivity contribution in [2.24, 2.45) is 4.99 Å². The van der Waals surface area contributed by atoms with Gasteiger partial charge < -0.3 is 4.74 Å². The molecule has 112 valence electrons. The third kappa shape index (κ3) is 2.67. The fourth-order valence-corrected chi connectivity index (χ4v) is 3.10. The maximum absolute atomic E-state index is 12.5. The molecule has 0 saturated carbocycles. The Hall–Kier alpha value is -2.41. The summed E-state index contributed by atoms with van der Waals surface area (Å²) in [4.78, 5) is 17.0. The van der Waals surface area contributed by atoms with E-state index in [2.05, 4.69) is 11.1 Å². The van der Waals surface area contributed by atoms with Gasteiger partial charge in [-0.25, -0.2) is 4.79 Å². The molecule has 4 nitrogen and oxygen atoms in total. The highest BCUT2D eigenvalue weighted by Crippen LogP contribution is 2.40. The second-order valence-corrected chi connectivity index (χ2v) is 6.36. The zero-order valence-corrected chi connectivity index (χ0v) is 12.8. The van der Waals surface area contributed by atoms with Gasteiger partial charge in [0.25, 0.3) is 0 Å². The van der Waals surface area contributed by atoms with Gasteiger partial charge in [0, 0.05) is 18.6 Å². The van der Waals surface area contributed by atoms with E-state index in [1.165, 1.54) is 0 Å². The lowest BCUT2D eigenvalue weighted by molar-refractivity contribution is -0.153. The molecule has 22 heavy (non-hydrogen) atoms. The van der Waals surface area contributed by atoms with Gasteiger partial charge in [0.05, 0.1) is 22.9 Å². The highest BCUT2D eigenvalue weighted by Gasteiger charge is 2.38. The van der Waals surface area contributed by atoms with Crippen molar-refractivity contribution in [1.29, 1.82) is 5.26 Å². The maximum Gasteiger partial charge on any atom is 0.337 e. The molecule has 0 bridgehead atoms. The molecule has 2 aliphatic rings. The molecule has 1 unspecified atom stereocenters. The Morgan fingerprint density at radius 2 is 2.05 bits per heavy atom. The number of hydrogen-bond donors (Lipinski definition) is 0. The number of rotatable bonds is 1. The van der Waals surface area contributed by atoms with Crippen molar-refractivity contribution in [1.82, 2.24) is 0 Å². The van der Waals surface area contributed by atoms with Crippen LogP contribution in [0.1, 0.15) is 50.2 Å². The highest BCUT2D eigenvalue weighted by atomic mass is 16.6. The molecule has 4 heteroatoms. The lowest BCUT2D eigenvalue weighted by Gasteiger charge is -2.33. The van der Waals surface area contributed by atoms with Crippen LogP contribution in [0, 0.1) is 11.3 Å². The van der Waals surface area contributed by atoms with Crippen molar-refractivity contribution in [2.75, 3.05) is 0 Å². The number of esters is 1. The van der Waals surface area contributed by atoms with Crippen molar-refractivity contribution >= 4 is 12.2 Å². The Kier molecular flexibility index (Phi) is 3.58. The van der Waals surface area contributed by atoms with E-state index >= 15 is 0 Å². The van der Waals surface area contributed by atoms with Gasteiger partial charge >= 0.3 is 5.97 Å². The van der Waals surface area contributed by atoms with Crippen LogP contribution in [0.25, 0.3) is 0 Å². The maximum atomic E-state index is 12.5. The number of benzene rings is 1. The van der Waals surface area contributed by atoms with Crippen LogP contribution >= 0.6 is 0 Å². The topological polar surface area (TPSA) is 62.5 Å². The van der Waals surface area contributed by atoms with Crippen LogP contribution in [-0.2, 0) is 9.53 Å². The number of ether oxygens (including phenoxy) is 1. The predicted octanol–water partition coefficient (Wildman–Crippen LogP) is 3.49. The minimum absolute atomic E-state index is 0.0196. The number of hydrogen-bond acceptors (Lipinski definition) is 4. The Bertz CT molecular complexity index is 706. The van der Waals surface area contributed by atoms with Gasteiger partial charge in [-0.05, 0) is 44.4 Å². The van der Waals surface area contributed by atoms with Crippen LogP contribution in [0.5, 0.6) is 0 Å². The van der Waals surface area contributed by atoms with Crippen LogP contribution in [0.4, 0.5) is 0 Å². The van der Waals surface area contributed by atoms with E-state index in [0.29, 0.717) is 17.6 Å². The van der Waals surface area contributed by atoms with E-state index in [4.69, 9.17) is 10.00 Å². The van der Waals surface area contributed by atoms with Crippen LogP contribution in [0.3, 0.4) is 0 Å². The summed E-state index contributed by atoms with van der Waals surface area (Å²) in [6.07, 6.45) is 4.18. The molecule has 0 amide bonds. The Labute approximate surface area is 130 Å². The number of carbonyl (C=O) groups is 1. The molecule has 2 aliphatic heterocycles. The lowest BCUT2D eigenvalue weighted by atomic mass is 9.83. The zero-order valence-electron chi connectivity index (χ0n) is 12.8. The van der Waals surface area contributed by atoms with Gasteiger partial charge in [-0.2, -0.15) is 5.26 Å². The lowest BCUT2D eigenvalue weighted by Crippen LogP contribution is -2.35. The summed E-state index contributed by atoms with van der Waals surface area (Å²) in [5.74, 6) is -0.284. The molecule has 1 aromatic carbocycles. The molecule has 0 spiro atoms. The quantitative estimate of drug-likeness (QED) is 0.745. The number of carbonyl (C=O) groups excluding carboxylic acids is 1. The summed E-state index contributed by atoms with van der Waals surface area (Å²) in [7, 11) is 0. The van der Waals surface area contributed by atoms with Crippen LogP contribution in [-0.4, -0.2) is 17.8 Å². The first-order valence-electron chi connectivity index (χ1n) is 7.49. The van der Waals surface area contributed by atoms with Crippen LogP contribution < -0.4 is 0 Å². The van der Waals surface area contributed by atoms with Gasteiger partial charge in [0.2, 0.25) is 0 Å². The molecule has 0 aliphatic carbocycles. The molecule has 0 saturated heterocycles. The molecule has 1 aromatic rings. The first-order valence-corrected chi connectivity index (χ1v) is 7.49. The second-order valence-electron chi connectivity index (χ2n) is 6.36. The summed E-state index contributed by atoms with van der Waals surface area (Å²) in [6, 6.07) is 9.54. The second kappa shape index (κ2) is 5.42. The number of nitrogens with zero attached hydrogens (tertiary/aromatic N) is 2.